The van der Waals surface area contributed by atoms with E-state index in [0.717, 1.165) is 12.1 Å². The van der Waals surface area contributed by atoms with Gasteiger partial charge in [0.1, 0.15) is 11.9 Å². The van der Waals surface area contributed by atoms with Crippen molar-refractivity contribution in [1.29, 1.82) is 0 Å². The topological polar surface area (TPSA) is 26.0 Å². The molecule has 0 saturated heterocycles. The van der Waals surface area contributed by atoms with Gasteiger partial charge in [-0.3, -0.25) is 0 Å². The van der Waals surface area contributed by atoms with E-state index in [2.05, 4.69) is 0 Å². The number of hydrogen-bond acceptors (Lipinski definition) is 1. The maximum Gasteiger partial charge on any atom is 0.407 e. The first-order valence-corrected chi connectivity index (χ1v) is 3.49. The second-order valence-corrected chi connectivity index (χ2v) is 2.54. The number of alkyl halides is 3. The Morgan fingerprint density at radius 1 is 1.14 bits per heavy atom. The molecule has 0 saturated carbocycles. The molecule has 0 aliphatic carbocycles. The molecule has 0 amide bonds. The molecular weight excluding hydrogens is 222 g/mol. The first kappa shape index (κ1) is 13.2. The Morgan fingerprint density at radius 3 is 2.07 bits per heavy atom. The fourth-order valence-corrected chi connectivity index (χ4v) is 0.904. The Morgan fingerprint density at radius 2 is 1.64 bits per heavy atom. The van der Waals surface area contributed by atoms with Gasteiger partial charge in [-0.25, -0.2) is 4.39 Å². The standard InChI is InChI=1S/C8H7F4N.ClH/c9-6-4-2-1-3-5(6)7(13)8(10,11)12;/h1-4,7H,13H2;1H/t7-;/m0./s1. The van der Waals surface area contributed by atoms with E-state index in [0.29, 0.717) is 0 Å². The Hall–Kier alpha value is -0.810. The molecule has 1 aromatic carbocycles. The molecule has 0 aliphatic heterocycles. The van der Waals surface area contributed by atoms with Gasteiger partial charge >= 0.3 is 6.18 Å². The summed E-state index contributed by atoms with van der Waals surface area (Å²) in [6.45, 7) is 0. The van der Waals surface area contributed by atoms with Gasteiger partial charge in [0.15, 0.2) is 0 Å². The monoisotopic (exact) mass is 229 g/mol. The highest BCUT2D eigenvalue weighted by Crippen LogP contribution is 2.31. The third kappa shape index (κ3) is 2.85. The van der Waals surface area contributed by atoms with E-state index < -0.39 is 23.6 Å². The van der Waals surface area contributed by atoms with Crippen LogP contribution in [0.2, 0.25) is 0 Å². The first-order valence-electron chi connectivity index (χ1n) is 3.49. The van der Waals surface area contributed by atoms with Crippen LogP contribution in [0.3, 0.4) is 0 Å². The van der Waals surface area contributed by atoms with Gasteiger partial charge in [-0.2, -0.15) is 13.2 Å². The molecule has 0 bridgehead atoms. The summed E-state index contributed by atoms with van der Waals surface area (Å²) in [5.41, 5.74) is 4.28. The van der Waals surface area contributed by atoms with E-state index in [1.165, 1.54) is 12.1 Å². The minimum Gasteiger partial charge on any atom is -0.316 e. The van der Waals surface area contributed by atoms with Crippen LogP contribution in [0.5, 0.6) is 0 Å². The van der Waals surface area contributed by atoms with Gasteiger partial charge in [-0.1, -0.05) is 18.2 Å². The Kier molecular flexibility index (Phi) is 4.35. The second kappa shape index (κ2) is 4.61. The highest BCUT2D eigenvalue weighted by Gasteiger charge is 2.39. The lowest BCUT2D eigenvalue weighted by atomic mass is 10.1. The van der Waals surface area contributed by atoms with Crippen molar-refractivity contribution in [2.75, 3.05) is 0 Å². The zero-order valence-corrected chi connectivity index (χ0v) is 7.70. The molecule has 0 aliphatic rings. The van der Waals surface area contributed by atoms with Crippen LogP contribution < -0.4 is 5.73 Å². The van der Waals surface area contributed by atoms with Crippen molar-refractivity contribution in [1.82, 2.24) is 0 Å². The number of halogens is 5. The van der Waals surface area contributed by atoms with Crippen LogP contribution >= 0.6 is 12.4 Å². The van der Waals surface area contributed by atoms with E-state index in [4.69, 9.17) is 5.73 Å². The third-order valence-electron chi connectivity index (χ3n) is 1.59. The van der Waals surface area contributed by atoms with Crippen LogP contribution in [0.25, 0.3) is 0 Å². The summed E-state index contributed by atoms with van der Waals surface area (Å²) in [6.07, 6.45) is -4.61. The lowest BCUT2D eigenvalue weighted by molar-refractivity contribution is -0.149. The molecule has 2 N–H and O–H groups in total. The largest absolute Gasteiger partial charge is 0.407 e. The molecule has 0 spiro atoms. The van der Waals surface area contributed by atoms with Crippen molar-refractivity contribution in [3.8, 4) is 0 Å². The molecule has 0 fully saturated rings. The number of nitrogens with two attached hydrogens (primary N) is 1. The van der Waals surface area contributed by atoms with Crippen LogP contribution in [-0.4, -0.2) is 6.18 Å². The summed E-state index contributed by atoms with van der Waals surface area (Å²) in [4.78, 5) is 0. The van der Waals surface area contributed by atoms with Gasteiger partial charge in [0.2, 0.25) is 0 Å². The maximum atomic E-state index is 12.8. The molecule has 0 heterocycles. The van der Waals surface area contributed by atoms with Gasteiger partial charge in [-0.05, 0) is 6.07 Å². The van der Waals surface area contributed by atoms with Crippen molar-refractivity contribution in [3.05, 3.63) is 35.6 Å². The van der Waals surface area contributed by atoms with Gasteiger partial charge < -0.3 is 5.73 Å². The molecule has 1 nitrogen and oxygen atoms in total. The predicted molar refractivity (Wildman–Crippen MR) is 46.6 cm³/mol. The highest BCUT2D eigenvalue weighted by molar-refractivity contribution is 5.85. The fraction of sp³-hybridized carbons (Fsp3) is 0.250. The van der Waals surface area contributed by atoms with Gasteiger partial charge in [0.05, 0.1) is 0 Å². The van der Waals surface area contributed by atoms with E-state index >= 15 is 0 Å². The summed E-state index contributed by atoms with van der Waals surface area (Å²) >= 11 is 0. The van der Waals surface area contributed by atoms with Crippen molar-refractivity contribution in [2.45, 2.75) is 12.2 Å². The molecule has 80 valence electrons. The van der Waals surface area contributed by atoms with Crippen molar-refractivity contribution in [2.24, 2.45) is 5.73 Å². The van der Waals surface area contributed by atoms with E-state index in [9.17, 15) is 17.6 Å². The lowest BCUT2D eigenvalue weighted by Gasteiger charge is -2.15. The maximum absolute atomic E-state index is 12.8. The molecule has 6 heteroatoms. The summed E-state index contributed by atoms with van der Waals surface area (Å²) < 4.78 is 48.9. The lowest BCUT2D eigenvalue weighted by Crippen LogP contribution is -2.29. The summed E-state index contributed by atoms with van der Waals surface area (Å²) in [5.74, 6) is -0.938. The average Bonchev–Trinajstić information content (AvgIpc) is 2.02. The molecule has 0 radical (unpaired) electrons. The summed E-state index contributed by atoms with van der Waals surface area (Å²) in [7, 11) is 0. The van der Waals surface area contributed by atoms with Crippen LogP contribution in [0.15, 0.2) is 24.3 Å². The number of hydrogen-bond donors (Lipinski definition) is 1. The molecule has 0 aromatic heterocycles. The first-order chi connectivity index (χ1) is 5.93. The number of benzene rings is 1. The quantitative estimate of drug-likeness (QED) is 0.737. The Bertz CT molecular complexity index is 300. The molecular formula is C8H8ClF4N. The van der Waals surface area contributed by atoms with E-state index in [-0.39, 0.29) is 12.4 Å². The summed E-state index contributed by atoms with van der Waals surface area (Å²) in [6, 6.07) is 2.33. The smallest absolute Gasteiger partial charge is 0.316 e. The number of rotatable bonds is 1. The molecule has 1 atom stereocenters. The minimum absolute atomic E-state index is 0. The summed E-state index contributed by atoms with van der Waals surface area (Å²) in [5, 5.41) is 0. The second-order valence-electron chi connectivity index (χ2n) is 2.54. The van der Waals surface area contributed by atoms with E-state index in [1.54, 1.807) is 0 Å². The van der Waals surface area contributed by atoms with Crippen molar-refractivity contribution in [3.63, 3.8) is 0 Å². The van der Waals surface area contributed by atoms with Crippen molar-refractivity contribution < 1.29 is 17.6 Å². The Balaban J connectivity index is 0.00000169. The SMILES string of the molecule is Cl.N[C@@H](c1ccccc1F)C(F)(F)F. The van der Waals surface area contributed by atoms with Gasteiger partial charge in [-0.15, -0.1) is 12.4 Å². The third-order valence-corrected chi connectivity index (χ3v) is 1.59. The predicted octanol–water partition coefficient (Wildman–Crippen LogP) is 2.81. The van der Waals surface area contributed by atoms with Crippen LogP contribution in [0.4, 0.5) is 17.6 Å². The van der Waals surface area contributed by atoms with Gasteiger partial charge in [0.25, 0.3) is 0 Å². The average molecular weight is 230 g/mol. The van der Waals surface area contributed by atoms with E-state index in [1.807, 2.05) is 0 Å². The fourth-order valence-electron chi connectivity index (χ4n) is 0.904. The molecule has 14 heavy (non-hydrogen) atoms. The van der Waals surface area contributed by atoms with Crippen LogP contribution in [-0.2, 0) is 0 Å². The van der Waals surface area contributed by atoms with Crippen LogP contribution in [0, 0.1) is 5.82 Å². The van der Waals surface area contributed by atoms with Gasteiger partial charge in [0, 0.05) is 5.56 Å². The molecule has 1 rings (SSSR count). The molecule has 1 aromatic rings. The zero-order valence-electron chi connectivity index (χ0n) is 6.88. The highest BCUT2D eigenvalue weighted by atomic mass is 35.5. The normalized spacial score (nSPS) is 13.2. The Labute approximate surface area is 84.3 Å². The van der Waals surface area contributed by atoms with Crippen molar-refractivity contribution >= 4 is 12.4 Å². The molecule has 0 unspecified atom stereocenters. The van der Waals surface area contributed by atoms with Crippen LogP contribution in [0.1, 0.15) is 11.6 Å². The minimum atomic E-state index is -4.61. The zero-order chi connectivity index (χ0) is 10.1.